The molecule has 0 aliphatic heterocycles. The summed E-state index contributed by atoms with van der Waals surface area (Å²) in [4.78, 5) is 11.9. The molecule has 6 nitrogen and oxygen atoms in total. The highest BCUT2D eigenvalue weighted by Gasteiger charge is 2.15. The Morgan fingerprint density at radius 2 is 1.88 bits per heavy atom. The van der Waals surface area contributed by atoms with Gasteiger partial charge in [-0.15, -0.1) is 0 Å². The predicted molar refractivity (Wildman–Crippen MR) is 90.6 cm³/mol. The second-order valence-electron chi connectivity index (χ2n) is 5.21. The highest BCUT2D eigenvalue weighted by atomic mass is 32.2. The third kappa shape index (κ3) is 4.81. The first-order valence-electron chi connectivity index (χ1n) is 7.34. The Hall–Kier alpha value is -2.38. The molecule has 0 heterocycles. The highest BCUT2D eigenvalue weighted by Crippen LogP contribution is 2.21. The number of rotatable bonds is 6. The summed E-state index contributed by atoms with van der Waals surface area (Å²) in [6.07, 6.45) is -0.618. The van der Waals surface area contributed by atoms with Crippen LogP contribution in [-0.4, -0.2) is 32.0 Å². The fourth-order valence-corrected chi connectivity index (χ4v) is 3.18. The highest BCUT2D eigenvalue weighted by molar-refractivity contribution is 7.91. The molecular weight excluding hydrogens is 330 g/mol. The van der Waals surface area contributed by atoms with Crippen molar-refractivity contribution in [3.05, 3.63) is 59.7 Å². The molecule has 128 valence electrons. The van der Waals surface area contributed by atoms with E-state index in [0.29, 0.717) is 11.3 Å². The third-order valence-electron chi connectivity index (χ3n) is 3.37. The van der Waals surface area contributed by atoms with Crippen LogP contribution < -0.4 is 5.32 Å². The number of benzene rings is 2. The number of hydrogen-bond donors (Lipinski definition) is 2. The second-order valence-corrected chi connectivity index (χ2v) is 7.32. The van der Waals surface area contributed by atoms with Gasteiger partial charge in [-0.25, -0.2) is 13.2 Å². The van der Waals surface area contributed by atoms with Gasteiger partial charge in [0.25, 0.3) is 0 Å². The summed E-state index contributed by atoms with van der Waals surface area (Å²) >= 11 is 0. The van der Waals surface area contributed by atoms with Gasteiger partial charge in [0.05, 0.1) is 17.3 Å². The quantitative estimate of drug-likeness (QED) is 0.836. The molecule has 0 saturated carbocycles. The van der Waals surface area contributed by atoms with Crippen LogP contribution in [0.2, 0.25) is 0 Å². The topological polar surface area (TPSA) is 92.7 Å². The summed E-state index contributed by atoms with van der Waals surface area (Å²) in [5, 5.41) is 11.4. The normalized spacial score (nSPS) is 11.1. The van der Waals surface area contributed by atoms with Gasteiger partial charge in [0.15, 0.2) is 9.84 Å². The Morgan fingerprint density at radius 1 is 1.17 bits per heavy atom. The molecule has 0 fully saturated rings. The Kier molecular flexibility index (Phi) is 5.94. The van der Waals surface area contributed by atoms with Crippen molar-refractivity contribution in [2.24, 2.45) is 0 Å². The van der Waals surface area contributed by atoms with Crippen LogP contribution in [0.25, 0.3) is 0 Å². The number of ether oxygens (including phenoxy) is 1. The van der Waals surface area contributed by atoms with Crippen LogP contribution in [0.3, 0.4) is 0 Å². The van der Waals surface area contributed by atoms with E-state index in [1.165, 1.54) is 18.2 Å². The lowest BCUT2D eigenvalue weighted by Gasteiger charge is -2.11. The SMILES string of the molecule is Cc1cc(S(=O)(=O)CCO)ccc1NC(=O)OCc1ccccc1. The number of nitrogens with one attached hydrogen (secondary N) is 1. The summed E-state index contributed by atoms with van der Waals surface area (Å²) < 4.78 is 28.9. The molecule has 0 atom stereocenters. The van der Waals surface area contributed by atoms with Crippen LogP contribution >= 0.6 is 0 Å². The fourth-order valence-electron chi connectivity index (χ4n) is 2.08. The number of aryl methyl sites for hydroxylation is 1. The van der Waals surface area contributed by atoms with E-state index in [1.807, 2.05) is 30.3 Å². The second kappa shape index (κ2) is 7.94. The van der Waals surface area contributed by atoms with Crippen molar-refractivity contribution in [2.75, 3.05) is 17.7 Å². The molecule has 0 aliphatic carbocycles. The van der Waals surface area contributed by atoms with E-state index in [4.69, 9.17) is 9.84 Å². The molecule has 24 heavy (non-hydrogen) atoms. The predicted octanol–water partition coefficient (Wildman–Crippen LogP) is 2.51. The molecule has 7 heteroatoms. The van der Waals surface area contributed by atoms with Gasteiger partial charge in [-0.3, -0.25) is 5.32 Å². The van der Waals surface area contributed by atoms with Crippen molar-refractivity contribution >= 4 is 21.6 Å². The van der Waals surface area contributed by atoms with Crippen LogP contribution in [0.15, 0.2) is 53.4 Å². The number of hydrogen-bond acceptors (Lipinski definition) is 5. The lowest BCUT2D eigenvalue weighted by Crippen LogP contribution is -2.15. The Labute approximate surface area is 141 Å². The zero-order chi connectivity index (χ0) is 17.6. The number of carbonyl (C=O) groups is 1. The van der Waals surface area contributed by atoms with E-state index < -0.39 is 22.5 Å². The average molecular weight is 349 g/mol. The summed E-state index contributed by atoms with van der Waals surface area (Å²) in [5.74, 6) is -0.335. The first-order chi connectivity index (χ1) is 11.4. The smallest absolute Gasteiger partial charge is 0.411 e. The van der Waals surface area contributed by atoms with Gasteiger partial charge in [-0.2, -0.15) is 0 Å². The van der Waals surface area contributed by atoms with Gasteiger partial charge in [0, 0.05) is 5.69 Å². The number of amides is 1. The average Bonchev–Trinajstić information content (AvgIpc) is 2.55. The molecule has 2 aromatic carbocycles. The minimum absolute atomic E-state index is 0.109. The Morgan fingerprint density at radius 3 is 2.50 bits per heavy atom. The van der Waals surface area contributed by atoms with E-state index in [9.17, 15) is 13.2 Å². The molecule has 0 aliphatic rings. The van der Waals surface area contributed by atoms with Crippen LogP contribution in [0.4, 0.5) is 10.5 Å². The summed E-state index contributed by atoms with van der Waals surface area (Å²) in [6, 6.07) is 13.6. The maximum Gasteiger partial charge on any atom is 0.411 e. The molecule has 0 spiro atoms. The van der Waals surface area contributed by atoms with Crippen LogP contribution in [0.1, 0.15) is 11.1 Å². The molecule has 2 rings (SSSR count). The molecule has 0 bridgehead atoms. The number of carbonyl (C=O) groups excluding carboxylic acids is 1. The molecular formula is C17H19NO5S. The van der Waals surface area contributed by atoms with E-state index in [-0.39, 0.29) is 17.3 Å². The van der Waals surface area contributed by atoms with Crippen molar-refractivity contribution in [3.63, 3.8) is 0 Å². The number of aliphatic hydroxyl groups excluding tert-OH is 1. The first kappa shape index (κ1) is 18.0. The monoisotopic (exact) mass is 349 g/mol. The van der Waals surface area contributed by atoms with Crippen molar-refractivity contribution in [1.82, 2.24) is 0 Å². The van der Waals surface area contributed by atoms with Gasteiger partial charge in [0.2, 0.25) is 0 Å². The number of aliphatic hydroxyl groups is 1. The van der Waals surface area contributed by atoms with E-state index >= 15 is 0 Å². The van der Waals surface area contributed by atoms with Gasteiger partial charge < -0.3 is 9.84 Å². The number of sulfone groups is 1. The Bertz CT molecular complexity index is 803. The fraction of sp³-hybridized carbons (Fsp3) is 0.235. The maximum atomic E-state index is 11.9. The van der Waals surface area contributed by atoms with Crippen molar-refractivity contribution in [2.45, 2.75) is 18.4 Å². The zero-order valence-electron chi connectivity index (χ0n) is 13.2. The molecule has 2 N–H and O–H groups in total. The molecule has 0 saturated heterocycles. The van der Waals surface area contributed by atoms with E-state index in [2.05, 4.69) is 5.32 Å². The molecule has 1 amide bonds. The first-order valence-corrected chi connectivity index (χ1v) is 8.99. The molecule has 0 aromatic heterocycles. The lowest BCUT2D eigenvalue weighted by atomic mass is 10.2. The standard InChI is InChI=1S/C17H19NO5S/c1-13-11-15(24(21,22)10-9-19)7-8-16(13)18-17(20)23-12-14-5-3-2-4-6-14/h2-8,11,19H,9-10,12H2,1H3,(H,18,20). The van der Waals surface area contributed by atoms with Crippen molar-refractivity contribution in [3.8, 4) is 0 Å². The molecule has 0 unspecified atom stereocenters. The van der Waals surface area contributed by atoms with Crippen molar-refractivity contribution in [1.29, 1.82) is 0 Å². The molecule has 2 aromatic rings. The largest absolute Gasteiger partial charge is 0.444 e. The van der Waals surface area contributed by atoms with Crippen LogP contribution in [0, 0.1) is 6.92 Å². The minimum Gasteiger partial charge on any atom is -0.444 e. The maximum absolute atomic E-state index is 11.9. The van der Waals surface area contributed by atoms with Gasteiger partial charge in [-0.05, 0) is 36.2 Å². The lowest BCUT2D eigenvalue weighted by molar-refractivity contribution is 0.155. The van der Waals surface area contributed by atoms with Crippen LogP contribution in [-0.2, 0) is 21.2 Å². The third-order valence-corrected chi connectivity index (χ3v) is 5.06. The summed E-state index contributed by atoms with van der Waals surface area (Å²) in [6.45, 7) is 1.40. The van der Waals surface area contributed by atoms with E-state index in [1.54, 1.807) is 6.92 Å². The van der Waals surface area contributed by atoms with Crippen LogP contribution in [0.5, 0.6) is 0 Å². The van der Waals surface area contributed by atoms with Gasteiger partial charge in [-0.1, -0.05) is 30.3 Å². The van der Waals surface area contributed by atoms with E-state index in [0.717, 1.165) is 5.56 Å². The summed E-state index contributed by atoms with van der Waals surface area (Å²) in [5.41, 5.74) is 1.93. The minimum atomic E-state index is -3.52. The Balaban J connectivity index is 2.01. The summed E-state index contributed by atoms with van der Waals surface area (Å²) in [7, 11) is -3.52. The van der Waals surface area contributed by atoms with Crippen molar-refractivity contribution < 1.29 is 23.1 Å². The number of anilines is 1. The molecule has 0 radical (unpaired) electrons. The zero-order valence-corrected chi connectivity index (χ0v) is 14.0. The van der Waals surface area contributed by atoms with Gasteiger partial charge >= 0.3 is 6.09 Å². The van der Waals surface area contributed by atoms with Gasteiger partial charge in [0.1, 0.15) is 6.61 Å².